The molecule has 0 aliphatic rings. The summed E-state index contributed by atoms with van der Waals surface area (Å²) in [6, 6.07) is 10.2. The number of likely N-dealkylation sites (N-methyl/N-ethyl adjacent to an activating group) is 1. The molecule has 2 N–H and O–H groups in total. The highest BCUT2D eigenvalue weighted by atomic mass is 35.5. The van der Waals surface area contributed by atoms with Crippen LogP contribution < -0.4 is 11.4 Å². The van der Waals surface area contributed by atoms with Gasteiger partial charge >= 0.3 is 5.69 Å². The zero-order valence-electron chi connectivity index (χ0n) is 16.2. The lowest BCUT2D eigenvalue weighted by Crippen LogP contribution is -2.31. The number of halogens is 3. The van der Waals surface area contributed by atoms with Gasteiger partial charge in [-0.3, -0.25) is 13.9 Å². The minimum atomic E-state index is -0.600. The molecule has 2 aromatic carbocycles. The first-order valence-electron chi connectivity index (χ1n) is 9.10. The molecule has 0 bridgehead atoms. The van der Waals surface area contributed by atoms with Crippen molar-refractivity contribution >= 4 is 52.5 Å². The van der Waals surface area contributed by atoms with Crippen LogP contribution in [0, 0.1) is 0 Å². The molecule has 3 aromatic rings. The van der Waals surface area contributed by atoms with Crippen LogP contribution in [0.3, 0.4) is 0 Å². The lowest BCUT2D eigenvalue weighted by Gasteiger charge is -2.18. The average Bonchev–Trinajstić information content (AvgIpc) is 2.95. The number of rotatable bonds is 7. The van der Waals surface area contributed by atoms with Gasteiger partial charge in [-0.05, 0) is 37.4 Å². The minimum absolute atomic E-state index is 0. The van der Waals surface area contributed by atoms with Gasteiger partial charge in [0.15, 0.2) is 0 Å². The Morgan fingerprint density at radius 2 is 1.76 bits per heavy atom. The fourth-order valence-electron chi connectivity index (χ4n) is 3.33. The van der Waals surface area contributed by atoms with Gasteiger partial charge in [-0.25, -0.2) is 4.79 Å². The smallest absolute Gasteiger partial charge is 0.333 e. The van der Waals surface area contributed by atoms with Crippen molar-refractivity contribution in [3.8, 4) is 5.69 Å². The first-order valence-corrected chi connectivity index (χ1v) is 9.86. The molecule has 0 spiro atoms. The highest BCUT2D eigenvalue weighted by Crippen LogP contribution is 2.29. The lowest BCUT2D eigenvalue weighted by atomic mass is 10.2. The number of imidazole rings is 1. The number of carbonyl (C=O) groups excluding carboxylic acids is 1. The van der Waals surface area contributed by atoms with E-state index in [2.05, 4.69) is 18.7 Å². The molecule has 29 heavy (non-hydrogen) atoms. The molecule has 156 valence electrons. The van der Waals surface area contributed by atoms with E-state index in [1.165, 1.54) is 10.6 Å². The number of carbonyl (C=O) groups is 1. The highest BCUT2D eigenvalue weighted by molar-refractivity contribution is 6.36. The zero-order chi connectivity index (χ0) is 20.4. The van der Waals surface area contributed by atoms with E-state index in [4.69, 9.17) is 28.9 Å². The minimum Gasteiger partial charge on any atom is -0.366 e. The molecule has 0 radical (unpaired) electrons. The number of para-hydroxylation sites is 1. The topological polar surface area (TPSA) is 73.3 Å². The maximum Gasteiger partial charge on any atom is 0.333 e. The lowest BCUT2D eigenvalue weighted by molar-refractivity contribution is 0.100. The maximum atomic E-state index is 13.3. The second kappa shape index (κ2) is 9.67. The van der Waals surface area contributed by atoms with Gasteiger partial charge < -0.3 is 10.6 Å². The number of hydrogen-bond acceptors (Lipinski definition) is 3. The van der Waals surface area contributed by atoms with Gasteiger partial charge in [0, 0.05) is 18.7 Å². The van der Waals surface area contributed by atoms with Gasteiger partial charge in [0.1, 0.15) is 0 Å². The van der Waals surface area contributed by atoms with Crippen LogP contribution in [0.1, 0.15) is 24.2 Å². The molecule has 0 atom stereocenters. The summed E-state index contributed by atoms with van der Waals surface area (Å²) < 4.78 is 3.11. The first-order chi connectivity index (χ1) is 13.4. The standard InChI is InChI=1S/C20H22Cl2N4O2.ClH/c1-3-24(4-2)9-10-25-17-12-13(19(23)27)11-15(22)18(17)26(20(25)28)16-8-6-5-7-14(16)21;/h5-8,11-12H,3-4,9-10H2,1-2H3,(H2,23,27);1H. The second-order valence-electron chi connectivity index (χ2n) is 6.44. The number of benzene rings is 2. The molecule has 1 amide bonds. The Kier molecular flexibility index (Phi) is 7.77. The van der Waals surface area contributed by atoms with Crippen LogP contribution in [0.4, 0.5) is 0 Å². The summed E-state index contributed by atoms with van der Waals surface area (Å²) in [7, 11) is 0. The summed E-state index contributed by atoms with van der Waals surface area (Å²) in [6.07, 6.45) is 0. The normalized spacial score (nSPS) is 11.1. The summed E-state index contributed by atoms with van der Waals surface area (Å²) >= 11 is 12.8. The van der Waals surface area contributed by atoms with Crippen LogP contribution in [0.15, 0.2) is 41.2 Å². The Hall–Kier alpha value is -1.99. The summed E-state index contributed by atoms with van der Waals surface area (Å²) in [4.78, 5) is 27.3. The van der Waals surface area contributed by atoms with Crippen LogP contribution in [0.5, 0.6) is 0 Å². The molecule has 1 aromatic heterocycles. The molecule has 9 heteroatoms. The second-order valence-corrected chi connectivity index (χ2v) is 7.25. The van der Waals surface area contributed by atoms with Gasteiger partial charge in [-0.2, -0.15) is 0 Å². The molecule has 0 unspecified atom stereocenters. The summed E-state index contributed by atoms with van der Waals surface area (Å²) in [6.45, 7) is 7.03. The van der Waals surface area contributed by atoms with Gasteiger partial charge in [0.2, 0.25) is 5.91 Å². The van der Waals surface area contributed by atoms with Crippen molar-refractivity contribution in [3.05, 3.63) is 62.5 Å². The SMILES string of the molecule is CCN(CC)CCn1c(=O)n(-c2ccccc2Cl)c2c(Cl)cc(C(N)=O)cc21.Cl. The Bertz CT molecular complexity index is 1090. The Morgan fingerprint density at radius 1 is 1.10 bits per heavy atom. The molecule has 6 nitrogen and oxygen atoms in total. The molecule has 0 aliphatic heterocycles. The van der Waals surface area contributed by atoms with E-state index in [0.29, 0.717) is 34.8 Å². The third-order valence-corrected chi connectivity index (χ3v) is 5.50. The van der Waals surface area contributed by atoms with Crippen molar-refractivity contribution in [2.75, 3.05) is 19.6 Å². The van der Waals surface area contributed by atoms with Crippen LogP contribution in [0.25, 0.3) is 16.7 Å². The maximum absolute atomic E-state index is 13.3. The zero-order valence-corrected chi connectivity index (χ0v) is 18.5. The molecule has 0 fully saturated rings. The van der Waals surface area contributed by atoms with Gasteiger partial charge in [-0.15, -0.1) is 12.4 Å². The molecule has 1 heterocycles. The fourth-order valence-corrected chi connectivity index (χ4v) is 3.85. The molecule has 0 saturated carbocycles. The number of nitrogens with two attached hydrogens (primary N) is 1. The first kappa shape index (κ1) is 23.3. The number of nitrogens with zero attached hydrogens (tertiary/aromatic N) is 3. The third kappa shape index (κ3) is 4.46. The molecule has 0 aliphatic carbocycles. The predicted octanol–water partition coefficient (Wildman–Crippen LogP) is 3.96. The number of hydrogen-bond donors (Lipinski definition) is 1. The molecular formula is C20H23Cl3N4O2. The van der Waals surface area contributed by atoms with Crippen molar-refractivity contribution in [1.82, 2.24) is 14.0 Å². The monoisotopic (exact) mass is 456 g/mol. The van der Waals surface area contributed by atoms with Crippen molar-refractivity contribution in [2.24, 2.45) is 5.73 Å². The van der Waals surface area contributed by atoms with E-state index >= 15 is 0 Å². The number of primary amides is 1. The van der Waals surface area contributed by atoms with Gasteiger partial charge in [0.25, 0.3) is 0 Å². The molecule has 3 rings (SSSR count). The van der Waals surface area contributed by atoms with Crippen molar-refractivity contribution in [3.63, 3.8) is 0 Å². The predicted molar refractivity (Wildman–Crippen MR) is 121 cm³/mol. The van der Waals surface area contributed by atoms with Crippen LogP contribution in [0.2, 0.25) is 10.0 Å². The largest absolute Gasteiger partial charge is 0.366 e. The number of fused-ring (bicyclic) bond motifs is 1. The summed E-state index contributed by atoms with van der Waals surface area (Å²) in [5.41, 5.74) is 7.03. The Balaban J connectivity index is 0.00000300. The van der Waals surface area contributed by atoms with E-state index in [-0.39, 0.29) is 28.7 Å². The summed E-state index contributed by atoms with van der Waals surface area (Å²) in [5, 5.41) is 0.701. The van der Waals surface area contributed by atoms with Crippen molar-refractivity contribution < 1.29 is 4.79 Å². The van der Waals surface area contributed by atoms with Crippen LogP contribution in [-0.2, 0) is 6.54 Å². The van der Waals surface area contributed by atoms with Gasteiger partial charge in [-0.1, -0.05) is 49.2 Å². The van der Waals surface area contributed by atoms with E-state index in [9.17, 15) is 9.59 Å². The average molecular weight is 458 g/mol. The quantitative estimate of drug-likeness (QED) is 0.583. The van der Waals surface area contributed by atoms with E-state index in [1.54, 1.807) is 34.9 Å². The molecular weight excluding hydrogens is 435 g/mol. The van der Waals surface area contributed by atoms with Crippen molar-refractivity contribution in [1.29, 1.82) is 0 Å². The van der Waals surface area contributed by atoms with Gasteiger partial charge in [0.05, 0.1) is 26.8 Å². The van der Waals surface area contributed by atoms with Crippen LogP contribution >= 0.6 is 35.6 Å². The molecule has 0 saturated heterocycles. The highest BCUT2D eigenvalue weighted by Gasteiger charge is 2.21. The Labute approximate surface area is 185 Å². The number of aromatic nitrogens is 2. The van der Waals surface area contributed by atoms with E-state index in [0.717, 1.165) is 13.1 Å². The van der Waals surface area contributed by atoms with Crippen molar-refractivity contribution in [2.45, 2.75) is 20.4 Å². The number of amides is 1. The third-order valence-electron chi connectivity index (χ3n) is 4.89. The summed E-state index contributed by atoms with van der Waals surface area (Å²) in [5.74, 6) is -0.600. The Morgan fingerprint density at radius 3 is 2.34 bits per heavy atom. The fraction of sp³-hybridized carbons (Fsp3) is 0.300. The van der Waals surface area contributed by atoms with E-state index in [1.807, 2.05) is 0 Å². The van der Waals surface area contributed by atoms with Crippen LogP contribution in [-0.4, -0.2) is 39.6 Å². The van der Waals surface area contributed by atoms with E-state index < -0.39 is 5.91 Å².